The van der Waals surface area contributed by atoms with E-state index >= 15 is 0 Å². The van der Waals surface area contributed by atoms with Crippen LogP contribution in [-0.4, -0.2) is 77.4 Å². The maximum Gasteiger partial charge on any atom is 0.250 e. The van der Waals surface area contributed by atoms with Crippen molar-refractivity contribution in [2.75, 3.05) is 61.7 Å². The third-order valence-corrected chi connectivity index (χ3v) is 6.42. The Morgan fingerprint density at radius 2 is 1.35 bits per heavy atom. The Morgan fingerprint density at radius 3 is 1.91 bits per heavy atom. The number of fused-ring (bicyclic) bond motifs is 1. The Kier molecular flexibility index (Phi) is 7.17. The fourth-order valence-electron chi connectivity index (χ4n) is 4.60. The van der Waals surface area contributed by atoms with E-state index < -0.39 is 0 Å². The summed E-state index contributed by atoms with van der Waals surface area (Å²) in [5.74, 6) is 3.33. The van der Waals surface area contributed by atoms with Crippen molar-refractivity contribution in [2.24, 2.45) is 0 Å². The molecule has 1 heterocycles. The summed E-state index contributed by atoms with van der Waals surface area (Å²) < 4.78 is 27.2. The monoisotopic (exact) mass is 468 g/mol. The summed E-state index contributed by atoms with van der Waals surface area (Å²) in [4.78, 5) is 17.5. The molecule has 2 aromatic carbocycles. The van der Waals surface area contributed by atoms with Crippen LogP contribution in [0.5, 0.6) is 28.7 Å². The van der Waals surface area contributed by atoms with Crippen LogP contribution in [0.4, 0.5) is 0 Å². The maximum absolute atomic E-state index is 13.2. The van der Waals surface area contributed by atoms with Gasteiger partial charge in [0.15, 0.2) is 23.0 Å². The summed E-state index contributed by atoms with van der Waals surface area (Å²) in [6, 6.07) is 7.84. The van der Waals surface area contributed by atoms with Crippen molar-refractivity contribution >= 4 is 12.0 Å². The third-order valence-electron chi connectivity index (χ3n) is 6.42. The van der Waals surface area contributed by atoms with E-state index in [2.05, 4.69) is 4.90 Å². The van der Waals surface area contributed by atoms with Crippen LogP contribution in [0.3, 0.4) is 0 Å². The minimum absolute atomic E-state index is 0.0987. The normalized spacial score (nSPS) is 15.4. The van der Waals surface area contributed by atoms with Crippen LogP contribution in [0, 0.1) is 0 Å². The van der Waals surface area contributed by atoms with Crippen molar-refractivity contribution < 1.29 is 28.5 Å². The Hall–Kier alpha value is -3.39. The first-order chi connectivity index (χ1) is 16.5. The molecule has 1 saturated heterocycles. The molecule has 8 heteroatoms. The molecular weight excluding hydrogens is 436 g/mol. The molecular formula is C26H32N2O6. The van der Waals surface area contributed by atoms with E-state index in [1.54, 1.807) is 35.5 Å². The van der Waals surface area contributed by atoms with Gasteiger partial charge in [-0.2, -0.15) is 0 Å². The van der Waals surface area contributed by atoms with Crippen LogP contribution in [0.1, 0.15) is 16.7 Å². The predicted octanol–water partition coefficient (Wildman–Crippen LogP) is 3.01. The fraction of sp³-hybridized carbons (Fsp3) is 0.423. The Morgan fingerprint density at radius 1 is 0.765 bits per heavy atom. The second-order valence-electron chi connectivity index (χ2n) is 8.35. The topological polar surface area (TPSA) is 69.7 Å². The molecule has 0 atom stereocenters. The molecule has 1 amide bonds. The second-order valence-corrected chi connectivity index (χ2v) is 8.35. The highest BCUT2D eigenvalue weighted by Gasteiger charge is 2.27. The number of rotatable bonds is 8. The first-order valence-corrected chi connectivity index (χ1v) is 11.3. The van der Waals surface area contributed by atoms with Crippen LogP contribution in [0.15, 0.2) is 29.8 Å². The van der Waals surface area contributed by atoms with Crippen LogP contribution < -0.4 is 23.7 Å². The average Bonchev–Trinajstić information content (AvgIpc) is 3.30. The van der Waals surface area contributed by atoms with Gasteiger partial charge in [-0.25, -0.2) is 0 Å². The molecule has 0 unspecified atom stereocenters. The molecule has 2 aliphatic rings. The maximum atomic E-state index is 13.2. The van der Waals surface area contributed by atoms with Crippen LogP contribution in [0.2, 0.25) is 0 Å². The van der Waals surface area contributed by atoms with Crippen LogP contribution in [0.25, 0.3) is 6.08 Å². The molecule has 1 fully saturated rings. The van der Waals surface area contributed by atoms with E-state index in [9.17, 15) is 4.79 Å². The van der Waals surface area contributed by atoms with E-state index in [0.29, 0.717) is 48.3 Å². The molecule has 0 bridgehead atoms. The zero-order valence-corrected chi connectivity index (χ0v) is 20.5. The molecule has 4 rings (SSSR count). The Labute approximate surface area is 200 Å². The van der Waals surface area contributed by atoms with Gasteiger partial charge >= 0.3 is 0 Å². The van der Waals surface area contributed by atoms with Crippen molar-refractivity contribution in [3.8, 4) is 28.7 Å². The number of methoxy groups -OCH3 is 5. The number of amides is 1. The molecule has 2 aromatic rings. The number of piperazine rings is 1. The zero-order valence-electron chi connectivity index (χ0n) is 20.5. The van der Waals surface area contributed by atoms with Gasteiger partial charge in [0.05, 0.1) is 35.5 Å². The lowest BCUT2D eigenvalue weighted by atomic mass is 10.1. The van der Waals surface area contributed by atoms with Crippen molar-refractivity contribution in [3.63, 3.8) is 0 Å². The molecule has 34 heavy (non-hydrogen) atoms. The number of hydrogen-bond acceptors (Lipinski definition) is 7. The molecule has 1 aliphatic heterocycles. The van der Waals surface area contributed by atoms with Crippen molar-refractivity contribution in [1.82, 2.24) is 9.80 Å². The smallest absolute Gasteiger partial charge is 0.250 e. The van der Waals surface area contributed by atoms with Gasteiger partial charge in [-0.05, 0) is 47.0 Å². The first-order valence-electron chi connectivity index (χ1n) is 11.3. The highest BCUT2D eigenvalue weighted by atomic mass is 16.5. The first kappa shape index (κ1) is 23.8. The molecule has 1 aliphatic carbocycles. The molecule has 0 spiro atoms. The van der Waals surface area contributed by atoms with Gasteiger partial charge in [-0.15, -0.1) is 0 Å². The van der Waals surface area contributed by atoms with E-state index in [1.165, 1.54) is 0 Å². The van der Waals surface area contributed by atoms with Crippen LogP contribution >= 0.6 is 0 Å². The molecule has 182 valence electrons. The summed E-state index contributed by atoms with van der Waals surface area (Å²) in [7, 11) is 8.08. The number of ether oxygens (including phenoxy) is 5. The lowest BCUT2D eigenvalue weighted by Gasteiger charge is -2.35. The molecule has 0 N–H and O–H groups in total. The standard InChI is InChI=1S/C26H32N2O6/c1-30-21-14-18-12-20(13-19(18)15-22(21)31-2)26(29)28-8-6-27(7-9-28)16-17-10-23(32-3)25(34-5)24(11-17)33-4/h10-12,14-15H,6-9,13,16H2,1-5H3. The van der Waals surface area contributed by atoms with Gasteiger partial charge in [-0.3, -0.25) is 9.69 Å². The largest absolute Gasteiger partial charge is 0.493 e. The quantitative estimate of drug-likeness (QED) is 0.590. The summed E-state index contributed by atoms with van der Waals surface area (Å²) in [5.41, 5.74) is 3.98. The number of carbonyl (C=O) groups excluding carboxylic acids is 1. The van der Waals surface area contributed by atoms with Crippen molar-refractivity contribution in [2.45, 2.75) is 13.0 Å². The number of nitrogens with zero attached hydrogens (tertiary/aromatic N) is 2. The van der Waals surface area contributed by atoms with E-state index in [0.717, 1.165) is 41.9 Å². The Balaban J connectivity index is 1.38. The lowest BCUT2D eigenvalue weighted by Crippen LogP contribution is -2.48. The number of benzene rings is 2. The highest BCUT2D eigenvalue weighted by Crippen LogP contribution is 2.39. The minimum atomic E-state index is 0.0987. The summed E-state index contributed by atoms with van der Waals surface area (Å²) in [6.07, 6.45) is 2.59. The number of hydrogen-bond donors (Lipinski definition) is 0. The SMILES string of the molecule is COc1cc2c(cc1OC)CC(C(=O)N1CCN(Cc3cc(OC)c(OC)c(OC)c3)CC1)=C2. The molecule has 0 saturated carbocycles. The minimum Gasteiger partial charge on any atom is -0.493 e. The summed E-state index contributed by atoms with van der Waals surface area (Å²) >= 11 is 0. The second kappa shape index (κ2) is 10.3. The van der Waals surface area contributed by atoms with Gasteiger partial charge in [0.2, 0.25) is 11.7 Å². The summed E-state index contributed by atoms with van der Waals surface area (Å²) in [6.45, 7) is 3.70. The van der Waals surface area contributed by atoms with Gasteiger partial charge in [-0.1, -0.05) is 0 Å². The van der Waals surface area contributed by atoms with E-state index in [1.807, 2.05) is 35.2 Å². The van der Waals surface area contributed by atoms with Gasteiger partial charge in [0.1, 0.15) is 0 Å². The van der Waals surface area contributed by atoms with Gasteiger partial charge < -0.3 is 28.6 Å². The summed E-state index contributed by atoms with van der Waals surface area (Å²) in [5, 5.41) is 0. The van der Waals surface area contributed by atoms with Gasteiger partial charge in [0.25, 0.3) is 0 Å². The molecule has 0 aromatic heterocycles. The van der Waals surface area contributed by atoms with Crippen molar-refractivity contribution in [1.29, 1.82) is 0 Å². The Bertz CT molecular complexity index is 1060. The van der Waals surface area contributed by atoms with E-state index in [4.69, 9.17) is 23.7 Å². The number of carbonyl (C=O) groups is 1. The zero-order chi connectivity index (χ0) is 24.2. The third kappa shape index (κ3) is 4.63. The lowest BCUT2D eigenvalue weighted by molar-refractivity contribution is -0.128. The highest BCUT2D eigenvalue weighted by molar-refractivity contribution is 6.00. The fourth-order valence-corrected chi connectivity index (χ4v) is 4.60. The van der Waals surface area contributed by atoms with Crippen LogP contribution in [-0.2, 0) is 17.8 Å². The van der Waals surface area contributed by atoms with Gasteiger partial charge in [0, 0.05) is 44.7 Å². The average molecular weight is 469 g/mol. The van der Waals surface area contributed by atoms with E-state index in [-0.39, 0.29) is 5.91 Å². The van der Waals surface area contributed by atoms with Crippen molar-refractivity contribution in [3.05, 3.63) is 46.5 Å². The molecule has 8 nitrogen and oxygen atoms in total. The predicted molar refractivity (Wildman–Crippen MR) is 129 cm³/mol. The molecule has 0 radical (unpaired) electrons.